The number of nitrogens with zero attached hydrogens (tertiary/aromatic N) is 2. The first kappa shape index (κ1) is 12.7. The van der Waals surface area contributed by atoms with Gasteiger partial charge in [-0.1, -0.05) is 12.1 Å². The van der Waals surface area contributed by atoms with Gasteiger partial charge in [0.25, 0.3) is 5.56 Å². The average Bonchev–Trinajstić information content (AvgIpc) is 2.91. The van der Waals surface area contributed by atoms with E-state index in [2.05, 4.69) is 4.98 Å². The van der Waals surface area contributed by atoms with E-state index in [9.17, 15) is 9.59 Å². The number of anilines is 1. The first-order valence-electron chi connectivity index (χ1n) is 6.83. The first-order valence-corrected chi connectivity index (χ1v) is 6.83. The molecule has 1 aromatic heterocycles. The number of hydrogen-bond donors (Lipinski definition) is 1. The van der Waals surface area contributed by atoms with Crippen molar-refractivity contribution in [3.05, 3.63) is 56.7 Å². The number of rotatable bonds is 2. The Labute approximate surface area is 116 Å². The van der Waals surface area contributed by atoms with Crippen molar-refractivity contribution in [2.75, 3.05) is 18.0 Å². The number of aromatic nitrogens is 2. The molecule has 20 heavy (non-hydrogen) atoms. The Morgan fingerprint density at radius 2 is 1.85 bits per heavy atom. The van der Waals surface area contributed by atoms with Crippen LogP contribution in [-0.2, 0) is 0 Å². The Kier molecular flexibility index (Phi) is 3.18. The summed E-state index contributed by atoms with van der Waals surface area (Å²) in [5.74, 6) is 0.626. The smallest absolute Gasteiger partial charge is 0.334 e. The van der Waals surface area contributed by atoms with Crippen LogP contribution in [0.4, 0.5) is 5.82 Å². The molecule has 1 aliphatic rings. The van der Waals surface area contributed by atoms with Crippen LogP contribution in [0.15, 0.2) is 39.9 Å². The van der Waals surface area contributed by atoms with Crippen LogP contribution >= 0.6 is 0 Å². The summed E-state index contributed by atoms with van der Waals surface area (Å²) >= 11 is 0. The van der Waals surface area contributed by atoms with Crippen molar-refractivity contribution in [2.45, 2.75) is 19.8 Å². The Balaban J connectivity index is 2.09. The van der Waals surface area contributed by atoms with Crippen molar-refractivity contribution in [3.8, 4) is 5.69 Å². The van der Waals surface area contributed by atoms with Crippen LogP contribution in [0.25, 0.3) is 5.69 Å². The van der Waals surface area contributed by atoms with Gasteiger partial charge in [0.2, 0.25) is 0 Å². The number of nitrogens with one attached hydrogen (secondary N) is 1. The fourth-order valence-electron chi connectivity index (χ4n) is 2.62. The van der Waals surface area contributed by atoms with Gasteiger partial charge in [-0.3, -0.25) is 9.78 Å². The number of aryl methyl sites for hydroxylation is 1. The third kappa shape index (κ3) is 2.27. The molecular weight excluding hydrogens is 254 g/mol. The molecule has 0 atom stereocenters. The molecule has 104 valence electrons. The summed E-state index contributed by atoms with van der Waals surface area (Å²) in [6.07, 6.45) is 2.20. The van der Waals surface area contributed by atoms with E-state index < -0.39 is 0 Å². The molecule has 0 spiro atoms. The van der Waals surface area contributed by atoms with E-state index >= 15 is 0 Å². The molecule has 3 rings (SSSR count). The van der Waals surface area contributed by atoms with Gasteiger partial charge in [-0.05, 0) is 37.5 Å². The van der Waals surface area contributed by atoms with Crippen LogP contribution in [0.1, 0.15) is 18.4 Å². The minimum absolute atomic E-state index is 0.291. The molecule has 0 bridgehead atoms. The normalized spacial score (nSPS) is 14.8. The van der Waals surface area contributed by atoms with E-state index in [0.717, 1.165) is 31.5 Å². The molecule has 2 aromatic rings. The lowest BCUT2D eigenvalue weighted by Gasteiger charge is -2.17. The van der Waals surface area contributed by atoms with Crippen LogP contribution in [0.5, 0.6) is 0 Å². The first-order chi connectivity index (χ1) is 9.65. The van der Waals surface area contributed by atoms with Crippen molar-refractivity contribution < 1.29 is 0 Å². The summed E-state index contributed by atoms with van der Waals surface area (Å²) in [5, 5.41) is 0. The lowest BCUT2D eigenvalue weighted by molar-refractivity contribution is 0.839. The lowest BCUT2D eigenvalue weighted by Crippen LogP contribution is -2.35. The van der Waals surface area contributed by atoms with Gasteiger partial charge in [-0.2, -0.15) is 0 Å². The van der Waals surface area contributed by atoms with Crippen molar-refractivity contribution in [1.82, 2.24) is 9.55 Å². The van der Waals surface area contributed by atoms with Crippen LogP contribution in [0, 0.1) is 6.92 Å². The number of benzene rings is 1. The van der Waals surface area contributed by atoms with Gasteiger partial charge < -0.3 is 4.90 Å². The van der Waals surface area contributed by atoms with E-state index in [4.69, 9.17) is 0 Å². The van der Waals surface area contributed by atoms with Gasteiger partial charge in [-0.15, -0.1) is 0 Å². The van der Waals surface area contributed by atoms with Crippen LogP contribution in [0.3, 0.4) is 0 Å². The molecule has 0 unspecified atom stereocenters. The molecule has 1 aliphatic heterocycles. The molecule has 5 nitrogen and oxygen atoms in total. The Hall–Kier alpha value is -2.30. The number of hydrogen-bond acceptors (Lipinski definition) is 3. The van der Waals surface area contributed by atoms with Crippen molar-refractivity contribution in [1.29, 1.82) is 0 Å². The SMILES string of the molecule is Cc1cccc(-n2c(=O)cc(N3CCCC3)[nH]c2=O)c1. The molecule has 1 aromatic carbocycles. The van der Waals surface area contributed by atoms with Crippen molar-refractivity contribution >= 4 is 5.82 Å². The third-order valence-corrected chi connectivity index (χ3v) is 3.63. The van der Waals surface area contributed by atoms with Crippen LogP contribution < -0.4 is 16.1 Å². The molecular formula is C15H17N3O2. The van der Waals surface area contributed by atoms with Gasteiger partial charge in [0.1, 0.15) is 5.82 Å². The highest BCUT2D eigenvalue weighted by Gasteiger charge is 2.15. The highest BCUT2D eigenvalue weighted by molar-refractivity contribution is 5.41. The quantitative estimate of drug-likeness (QED) is 0.899. The predicted molar refractivity (Wildman–Crippen MR) is 78.8 cm³/mol. The molecule has 2 heterocycles. The van der Waals surface area contributed by atoms with E-state index in [1.807, 2.05) is 30.0 Å². The molecule has 0 radical (unpaired) electrons. The Bertz CT molecular complexity index is 708. The van der Waals surface area contributed by atoms with E-state index in [1.165, 1.54) is 10.6 Å². The summed E-state index contributed by atoms with van der Waals surface area (Å²) in [5.41, 5.74) is 0.938. The molecule has 0 amide bonds. The van der Waals surface area contributed by atoms with Gasteiger partial charge in [-0.25, -0.2) is 9.36 Å². The molecule has 1 N–H and O–H groups in total. The van der Waals surface area contributed by atoms with E-state index in [1.54, 1.807) is 6.07 Å². The van der Waals surface area contributed by atoms with Crippen LogP contribution in [0.2, 0.25) is 0 Å². The molecule has 0 aliphatic carbocycles. The van der Waals surface area contributed by atoms with E-state index in [-0.39, 0.29) is 11.2 Å². The summed E-state index contributed by atoms with van der Waals surface area (Å²) < 4.78 is 1.17. The second-order valence-electron chi connectivity index (χ2n) is 5.17. The predicted octanol–water partition coefficient (Wildman–Crippen LogP) is 1.43. The fourth-order valence-corrected chi connectivity index (χ4v) is 2.62. The zero-order chi connectivity index (χ0) is 14.1. The molecule has 0 saturated carbocycles. The topological polar surface area (TPSA) is 58.1 Å². The largest absolute Gasteiger partial charge is 0.358 e. The minimum atomic E-state index is -0.384. The summed E-state index contributed by atoms with van der Waals surface area (Å²) in [6, 6.07) is 8.87. The second-order valence-corrected chi connectivity index (χ2v) is 5.17. The van der Waals surface area contributed by atoms with Gasteiger partial charge in [0.05, 0.1) is 5.69 Å². The highest BCUT2D eigenvalue weighted by atomic mass is 16.2. The Morgan fingerprint density at radius 1 is 1.10 bits per heavy atom. The Morgan fingerprint density at radius 3 is 2.50 bits per heavy atom. The molecule has 5 heteroatoms. The van der Waals surface area contributed by atoms with E-state index in [0.29, 0.717) is 11.5 Å². The maximum absolute atomic E-state index is 12.2. The summed E-state index contributed by atoms with van der Waals surface area (Å²) in [6.45, 7) is 3.72. The second kappa shape index (κ2) is 5.00. The maximum atomic E-state index is 12.2. The number of aromatic amines is 1. The zero-order valence-corrected chi connectivity index (χ0v) is 11.4. The summed E-state index contributed by atoms with van der Waals surface area (Å²) in [7, 11) is 0. The van der Waals surface area contributed by atoms with Gasteiger partial charge in [0.15, 0.2) is 0 Å². The summed E-state index contributed by atoms with van der Waals surface area (Å²) in [4.78, 5) is 29.3. The third-order valence-electron chi connectivity index (χ3n) is 3.63. The maximum Gasteiger partial charge on any atom is 0.334 e. The highest BCUT2D eigenvalue weighted by Crippen LogP contribution is 2.15. The van der Waals surface area contributed by atoms with Gasteiger partial charge >= 0.3 is 5.69 Å². The fraction of sp³-hybridized carbons (Fsp3) is 0.333. The zero-order valence-electron chi connectivity index (χ0n) is 11.4. The van der Waals surface area contributed by atoms with Gasteiger partial charge in [0, 0.05) is 19.2 Å². The average molecular weight is 271 g/mol. The molecule has 1 fully saturated rings. The van der Waals surface area contributed by atoms with Crippen molar-refractivity contribution in [2.24, 2.45) is 0 Å². The lowest BCUT2D eigenvalue weighted by atomic mass is 10.2. The molecule has 1 saturated heterocycles. The van der Waals surface area contributed by atoms with Crippen molar-refractivity contribution in [3.63, 3.8) is 0 Å². The minimum Gasteiger partial charge on any atom is -0.358 e. The standard InChI is InChI=1S/C15H17N3O2/c1-11-5-4-6-12(9-11)18-14(19)10-13(16-15(18)20)17-7-2-3-8-17/h4-6,9-10H,2-3,7-8H2,1H3,(H,16,20). The van der Waals surface area contributed by atoms with Crippen LogP contribution in [-0.4, -0.2) is 22.6 Å². The number of H-pyrrole nitrogens is 1. The monoisotopic (exact) mass is 271 g/mol.